The normalized spacial score (nSPS) is 10.4. The van der Waals surface area contributed by atoms with Crippen molar-refractivity contribution in [1.82, 2.24) is 0 Å². The molecule has 1 heteroatoms. The SMILES string of the molecule is C[C](C)c1ccc(I)cc1. The molecule has 0 saturated carbocycles. The van der Waals surface area contributed by atoms with E-state index in [9.17, 15) is 0 Å². The Morgan fingerprint density at radius 3 is 2.00 bits per heavy atom. The van der Waals surface area contributed by atoms with E-state index in [1.165, 1.54) is 15.1 Å². The van der Waals surface area contributed by atoms with Gasteiger partial charge in [0.1, 0.15) is 0 Å². The third-order valence-corrected chi connectivity index (χ3v) is 2.14. The molecule has 0 fully saturated rings. The molecule has 1 aromatic carbocycles. The van der Waals surface area contributed by atoms with E-state index in [1.54, 1.807) is 0 Å². The van der Waals surface area contributed by atoms with Crippen molar-refractivity contribution in [1.29, 1.82) is 0 Å². The van der Waals surface area contributed by atoms with Gasteiger partial charge in [0.05, 0.1) is 0 Å². The molecule has 0 aliphatic carbocycles. The first-order valence-electron chi connectivity index (χ1n) is 3.26. The van der Waals surface area contributed by atoms with Crippen LogP contribution in [0.15, 0.2) is 24.3 Å². The highest BCUT2D eigenvalue weighted by Crippen LogP contribution is 2.14. The topological polar surface area (TPSA) is 0 Å². The Morgan fingerprint density at radius 2 is 1.60 bits per heavy atom. The molecule has 0 heterocycles. The van der Waals surface area contributed by atoms with Crippen molar-refractivity contribution in [3.8, 4) is 0 Å². The predicted octanol–water partition coefficient (Wildman–Crippen LogP) is 3.25. The Balaban J connectivity index is 2.89. The Bertz CT molecular complexity index is 198. The Hall–Kier alpha value is -0.0500. The summed E-state index contributed by atoms with van der Waals surface area (Å²) < 4.78 is 1.29. The smallest absolute Gasteiger partial charge is 0.0130 e. The van der Waals surface area contributed by atoms with E-state index in [1.807, 2.05) is 0 Å². The molecule has 0 nitrogen and oxygen atoms in total. The number of rotatable bonds is 1. The monoisotopic (exact) mass is 245 g/mol. The van der Waals surface area contributed by atoms with Gasteiger partial charge in [-0.25, -0.2) is 0 Å². The fourth-order valence-corrected chi connectivity index (χ4v) is 1.14. The fraction of sp³-hybridized carbons (Fsp3) is 0.222. The Labute approximate surface area is 75.8 Å². The van der Waals surface area contributed by atoms with Crippen LogP contribution in [0.3, 0.4) is 0 Å². The molecule has 1 aromatic rings. The molecule has 0 amide bonds. The van der Waals surface area contributed by atoms with Gasteiger partial charge < -0.3 is 0 Å². The van der Waals surface area contributed by atoms with E-state index in [0.29, 0.717) is 0 Å². The molecular formula is C9H10I. The van der Waals surface area contributed by atoms with E-state index < -0.39 is 0 Å². The first-order chi connectivity index (χ1) is 4.70. The molecule has 0 unspecified atom stereocenters. The number of halogens is 1. The lowest BCUT2D eigenvalue weighted by Gasteiger charge is -2.02. The van der Waals surface area contributed by atoms with Crippen LogP contribution in [-0.2, 0) is 0 Å². The lowest BCUT2D eigenvalue weighted by Crippen LogP contribution is -1.86. The molecular weight excluding hydrogens is 235 g/mol. The van der Waals surface area contributed by atoms with Crippen LogP contribution in [0, 0.1) is 9.49 Å². The van der Waals surface area contributed by atoms with Gasteiger partial charge >= 0.3 is 0 Å². The van der Waals surface area contributed by atoms with Gasteiger partial charge in [-0.2, -0.15) is 0 Å². The van der Waals surface area contributed by atoms with Gasteiger partial charge in [0.25, 0.3) is 0 Å². The molecule has 0 aliphatic heterocycles. The number of hydrogen-bond donors (Lipinski definition) is 0. The quantitative estimate of drug-likeness (QED) is 0.666. The van der Waals surface area contributed by atoms with E-state index in [2.05, 4.69) is 60.7 Å². The van der Waals surface area contributed by atoms with E-state index in [4.69, 9.17) is 0 Å². The van der Waals surface area contributed by atoms with Gasteiger partial charge in [0, 0.05) is 3.57 Å². The van der Waals surface area contributed by atoms with Gasteiger partial charge in [-0.3, -0.25) is 0 Å². The van der Waals surface area contributed by atoms with Crippen LogP contribution in [0.4, 0.5) is 0 Å². The largest absolute Gasteiger partial charge is 0.0574 e. The van der Waals surface area contributed by atoms with Gasteiger partial charge in [-0.05, 0) is 46.2 Å². The maximum Gasteiger partial charge on any atom is 0.0130 e. The van der Waals surface area contributed by atoms with Gasteiger partial charge in [0.15, 0.2) is 0 Å². The summed E-state index contributed by atoms with van der Waals surface area (Å²) in [6, 6.07) is 8.56. The van der Waals surface area contributed by atoms with Crippen molar-refractivity contribution >= 4 is 22.6 Å². The van der Waals surface area contributed by atoms with E-state index in [0.717, 1.165) is 0 Å². The Morgan fingerprint density at radius 1 is 1.10 bits per heavy atom. The van der Waals surface area contributed by atoms with Gasteiger partial charge in [-0.1, -0.05) is 26.0 Å². The zero-order valence-electron chi connectivity index (χ0n) is 6.19. The summed E-state index contributed by atoms with van der Waals surface area (Å²) in [5, 5.41) is 0. The second-order valence-electron chi connectivity index (χ2n) is 2.51. The van der Waals surface area contributed by atoms with Crippen LogP contribution in [0.1, 0.15) is 19.4 Å². The van der Waals surface area contributed by atoms with Crippen molar-refractivity contribution in [3.05, 3.63) is 39.3 Å². The minimum absolute atomic E-state index is 1.29. The second-order valence-corrected chi connectivity index (χ2v) is 3.75. The molecule has 0 N–H and O–H groups in total. The van der Waals surface area contributed by atoms with Crippen molar-refractivity contribution in [2.24, 2.45) is 0 Å². The Kier molecular flexibility index (Phi) is 2.72. The van der Waals surface area contributed by atoms with Crippen molar-refractivity contribution in [2.45, 2.75) is 13.8 Å². The summed E-state index contributed by atoms with van der Waals surface area (Å²) in [4.78, 5) is 0. The minimum atomic E-state index is 1.29. The molecule has 0 bridgehead atoms. The average Bonchev–Trinajstić information content (AvgIpc) is 1.88. The summed E-state index contributed by atoms with van der Waals surface area (Å²) >= 11 is 2.31. The van der Waals surface area contributed by atoms with Crippen molar-refractivity contribution in [3.63, 3.8) is 0 Å². The van der Waals surface area contributed by atoms with Crippen molar-refractivity contribution in [2.75, 3.05) is 0 Å². The van der Waals surface area contributed by atoms with E-state index >= 15 is 0 Å². The maximum absolute atomic E-state index is 2.31. The average molecular weight is 245 g/mol. The summed E-state index contributed by atoms with van der Waals surface area (Å²) in [6.45, 7) is 4.25. The lowest BCUT2D eigenvalue weighted by atomic mass is 10.0. The van der Waals surface area contributed by atoms with E-state index in [-0.39, 0.29) is 0 Å². The first-order valence-corrected chi connectivity index (χ1v) is 4.34. The fourth-order valence-electron chi connectivity index (χ4n) is 0.783. The summed E-state index contributed by atoms with van der Waals surface area (Å²) in [6.07, 6.45) is 0. The zero-order chi connectivity index (χ0) is 7.56. The maximum atomic E-state index is 2.31. The summed E-state index contributed by atoms with van der Waals surface area (Å²) in [5.41, 5.74) is 1.33. The molecule has 10 heavy (non-hydrogen) atoms. The van der Waals surface area contributed by atoms with Crippen molar-refractivity contribution < 1.29 is 0 Å². The molecule has 53 valence electrons. The van der Waals surface area contributed by atoms with Crippen LogP contribution in [0.2, 0.25) is 0 Å². The highest BCUT2D eigenvalue weighted by molar-refractivity contribution is 14.1. The highest BCUT2D eigenvalue weighted by Gasteiger charge is 1.96. The van der Waals surface area contributed by atoms with Crippen LogP contribution in [-0.4, -0.2) is 0 Å². The van der Waals surface area contributed by atoms with Crippen LogP contribution in [0.5, 0.6) is 0 Å². The minimum Gasteiger partial charge on any atom is -0.0574 e. The molecule has 0 spiro atoms. The molecule has 0 saturated heterocycles. The van der Waals surface area contributed by atoms with Crippen LogP contribution >= 0.6 is 22.6 Å². The van der Waals surface area contributed by atoms with Gasteiger partial charge in [0.2, 0.25) is 0 Å². The highest BCUT2D eigenvalue weighted by atomic mass is 127. The van der Waals surface area contributed by atoms with Crippen LogP contribution < -0.4 is 0 Å². The summed E-state index contributed by atoms with van der Waals surface area (Å²) in [7, 11) is 0. The molecule has 0 aliphatic rings. The number of hydrogen-bond acceptors (Lipinski definition) is 0. The lowest BCUT2D eigenvalue weighted by molar-refractivity contribution is 1.15. The molecule has 1 radical (unpaired) electrons. The van der Waals surface area contributed by atoms with Crippen LogP contribution in [0.25, 0.3) is 0 Å². The molecule has 0 atom stereocenters. The second kappa shape index (κ2) is 3.37. The zero-order valence-corrected chi connectivity index (χ0v) is 8.34. The first kappa shape index (κ1) is 8.05. The molecule has 1 rings (SSSR count). The standard InChI is InChI=1S/C9H10I/c1-7(2)8-3-5-9(10)6-4-8/h3-6H,1-2H3. The summed E-state index contributed by atoms with van der Waals surface area (Å²) in [5.74, 6) is 1.37. The predicted molar refractivity (Wildman–Crippen MR) is 52.9 cm³/mol. The van der Waals surface area contributed by atoms with Gasteiger partial charge in [-0.15, -0.1) is 0 Å². The third kappa shape index (κ3) is 1.97. The third-order valence-electron chi connectivity index (χ3n) is 1.42. The molecule has 0 aromatic heterocycles. The number of benzene rings is 1.